The third kappa shape index (κ3) is 5.35. The summed E-state index contributed by atoms with van der Waals surface area (Å²) in [6.45, 7) is 4.18. The highest BCUT2D eigenvalue weighted by Gasteiger charge is 2.25. The van der Waals surface area contributed by atoms with Crippen molar-refractivity contribution < 1.29 is 13.2 Å². The highest BCUT2D eigenvalue weighted by Crippen LogP contribution is 2.48. The Hall–Kier alpha value is -1.60. The molecule has 2 fully saturated rings. The molecule has 0 atom stereocenters. The molecule has 2 nitrogen and oxygen atoms in total. The van der Waals surface area contributed by atoms with Crippen LogP contribution in [-0.2, 0) is 0 Å². The lowest BCUT2D eigenvalue weighted by atomic mass is 9.83. The van der Waals surface area contributed by atoms with Crippen LogP contribution < -0.4 is 9.05 Å². The van der Waals surface area contributed by atoms with Gasteiger partial charge in [-0.3, -0.25) is 0 Å². The normalized spacial score (nSPS) is 18.5. The van der Waals surface area contributed by atoms with Crippen LogP contribution in [0.3, 0.4) is 0 Å². The molecule has 4 heteroatoms. The van der Waals surface area contributed by atoms with Gasteiger partial charge in [-0.1, -0.05) is 73.9 Å². The molecule has 0 saturated heterocycles. The maximum atomic E-state index is 15.1. The second-order valence-corrected chi connectivity index (χ2v) is 9.94. The Balaban J connectivity index is 1.51. The summed E-state index contributed by atoms with van der Waals surface area (Å²) in [6, 6.07) is 12.2. The first-order chi connectivity index (χ1) is 14.6. The van der Waals surface area contributed by atoms with Gasteiger partial charge < -0.3 is 9.05 Å². The van der Waals surface area contributed by atoms with Gasteiger partial charge in [0, 0.05) is 0 Å². The standard InChI is InChI=1S/C26H34FO2P/c1-19-13-15-25(23(17-19)21-9-5-3-6-10-21)28-30(27)29-26-16-14-20(2)18-24(26)22-11-7-4-8-12-22/h13-18,21-22H,3-12H2,1-2H3. The van der Waals surface area contributed by atoms with Crippen molar-refractivity contribution in [2.45, 2.75) is 89.9 Å². The van der Waals surface area contributed by atoms with Gasteiger partial charge in [-0.05, 0) is 74.6 Å². The smallest absolute Gasteiger partial charge is 0.414 e. The van der Waals surface area contributed by atoms with E-state index in [1.165, 1.54) is 49.7 Å². The van der Waals surface area contributed by atoms with E-state index in [0.29, 0.717) is 23.3 Å². The fourth-order valence-electron chi connectivity index (χ4n) is 5.14. The van der Waals surface area contributed by atoms with Crippen LogP contribution in [0, 0.1) is 13.8 Å². The quantitative estimate of drug-likeness (QED) is 0.427. The zero-order chi connectivity index (χ0) is 20.9. The van der Waals surface area contributed by atoms with Crippen LogP contribution in [0.25, 0.3) is 0 Å². The zero-order valence-corrected chi connectivity index (χ0v) is 19.2. The molecule has 0 radical (unpaired) electrons. The Kier molecular flexibility index (Phi) is 7.31. The molecule has 2 aliphatic carbocycles. The summed E-state index contributed by atoms with van der Waals surface area (Å²) in [4.78, 5) is 0. The summed E-state index contributed by atoms with van der Waals surface area (Å²) >= 11 is 0. The molecular weight excluding hydrogens is 394 g/mol. The van der Waals surface area contributed by atoms with Gasteiger partial charge in [-0.15, -0.1) is 4.20 Å². The molecule has 0 aliphatic heterocycles. The minimum atomic E-state index is -2.53. The van der Waals surface area contributed by atoms with Crippen LogP contribution >= 0.6 is 8.69 Å². The molecule has 0 heterocycles. The topological polar surface area (TPSA) is 18.5 Å². The summed E-state index contributed by atoms with van der Waals surface area (Å²) in [5.41, 5.74) is 4.70. The van der Waals surface area contributed by atoms with E-state index in [2.05, 4.69) is 26.0 Å². The number of halogens is 1. The molecule has 2 aromatic carbocycles. The van der Waals surface area contributed by atoms with Crippen molar-refractivity contribution >= 4 is 8.69 Å². The fraction of sp³-hybridized carbons (Fsp3) is 0.538. The fourth-order valence-corrected chi connectivity index (χ4v) is 5.82. The number of rotatable bonds is 6. The lowest BCUT2D eigenvalue weighted by Gasteiger charge is -2.26. The molecule has 162 valence electrons. The minimum Gasteiger partial charge on any atom is -0.414 e. The SMILES string of the molecule is Cc1ccc(OP(F)Oc2ccc(C)cc2C2CCCCC2)c(C2CCCCC2)c1. The summed E-state index contributed by atoms with van der Waals surface area (Å²) in [7, 11) is -2.53. The molecule has 0 unspecified atom stereocenters. The zero-order valence-electron chi connectivity index (χ0n) is 18.3. The van der Waals surface area contributed by atoms with Gasteiger partial charge in [0.15, 0.2) is 0 Å². The molecule has 30 heavy (non-hydrogen) atoms. The van der Waals surface area contributed by atoms with E-state index in [4.69, 9.17) is 9.05 Å². The molecule has 2 aromatic rings. The van der Waals surface area contributed by atoms with Crippen molar-refractivity contribution in [1.82, 2.24) is 0 Å². The Morgan fingerprint density at radius 1 is 0.667 bits per heavy atom. The van der Waals surface area contributed by atoms with E-state index in [1.807, 2.05) is 24.3 Å². The van der Waals surface area contributed by atoms with Crippen molar-refractivity contribution in [1.29, 1.82) is 0 Å². The molecule has 0 spiro atoms. The predicted molar refractivity (Wildman–Crippen MR) is 123 cm³/mol. The van der Waals surface area contributed by atoms with Gasteiger partial charge in [-0.25, -0.2) is 0 Å². The second-order valence-electron chi connectivity index (χ2n) is 9.15. The van der Waals surface area contributed by atoms with E-state index >= 15 is 4.20 Å². The lowest BCUT2D eigenvalue weighted by Crippen LogP contribution is -2.08. The average molecular weight is 429 g/mol. The number of hydrogen-bond donors (Lipinski definition) is 0. The largest absolute Gasteiger partial charge is 0.505 e. The Labute approximate surface area is 182 Å². The summed E-state index contributed by atoms with van der Waals surface area (Å²) in [6.07, 6.45) is 12.2. The van der Waals surface area contributed by atoms with E-state index < -0.39 is 8.69 Å². The number of hydrogen-bond acceptors (Lipinski definition) is 2. The predicted octanol–water partition coefficient (Wildman–Crippen LogP) is 9.05. The number of benzene rings is 2. The van der Waals surface area contributed by atoms with Crippen LogP contribution in [0.15, 0.2) is 36.4 Å². The van der Waals surface area contributed by atoms with Crippen LogP contribution in [0.2, 0.25) is 0 Å². The molecule has 2 saturated carbocycles. The lowest BCUT2D eigenvalue weighted by molar-refractivity contribution is 0.403. The average Bonchev–Trinajstić information content (AvgIpc) is 2.77. The van der Waals surface area contributed by atoms with Crippen LogP contribution in [0.1, 0.15) is 98.3 Å². The van der Waals surface area contributed by atoms with Gasteiger partial charge in [0.25, 0.3) is 0 Å². The molecular formula is C26H34FO2P. The molecule has 0 N–H and O–H groups in total. The summed E-state index contributed by atoms with van der Waals surface area (Å²) < 4.78 is 26.7. The van der Waals surface area contributed by atoms with Gasteiger partial charge in [0.1, 0.15) is 11.5 Å². The van der Waals surface area contributed by atoms with E-state index in [0.717, 1.165) is 36.8 Å². The summed E-state index contributed by atoms with van der Waals surface area (Å²) in [5.74, 6) is 2.25. The first-order valence-electron chi connectivity index (χ1n) is 11.6. The Morgan fingerprint density at radius 2 is 1.07 bits per heavy atom. The first kappa shape index (κ1) is 21.6. The molecule has 0 amide bonds. The van der Waals surface area contributed by atoms with Crippen molar-refractivity contribution in [2.24, 2.45) is 0 Å². The van der Waals surface area contributed by atoms with Gasteiger partial charge in [0.2, 0.25) is 0 Å². The van der Waals surface area contributed by atoms with Crippen molar-refractivity contribution in [3.8, 4) is 11.5 Å². The Bertz CT molecular complexity index is 771. The van der Waals surface area contributed by atoms with Gasteiger partial charge in [0.05, 0.1) is 0 Å². The highest BCUT2D eigenvalue weighted by molar-refractivity contribution is 7.42. The van der Waals surface area contributed by atoms with Crippen molar-refractivity contribution in [3.63, 3.8) is 0 Å². The van der Waals surface area contributed by atoms with Crippen molar-refractivity contribution in [2.75, 3.05) is 0 Å². The number of aryl methyl sites for hydroxylation is 2. The highest BCUT2D eigenvalue weighted by atomic mass is 31.2. The Morgan fingerprint density at radius 3 is 1.47 bits per heavy atom. The van der Waals surface area contributed by atoms with Gasteiger partial charge >= 0.3 is 8.69 Å². The monoisotopic (exact) mass is 428 g/mol. The van der Waals surface area contributed by atoms with Gasteiger partial charge in [-0.2, -0.15) is 0 Å². The van der Waals surface area contributed by atoms with E-state index in [1.54, 1.807) is 0 Å². The maximum absolute atomic E-state index is 15.1. The maximum Gasteiger partial charge on any atom is 0.505 e. The third-order valence-electron chi connectivity index (χ3n) is 6.76. The third-order valence-corrected chi connectivity index (χ3v) is 7.44. The van der Waals surface area contributed by atoms with Crippen molar-refractivity contribution in [3.05, 3.63) is 58.7 Å². The van der Waals surface area contributed by atoms with E-state index in [-0.39, 0.29) is 0 Å². The summed E-state index contributed by atoms with van der Waals surface area (Å²) in [5, 5.41) is 0. The molecule has 0 aromatic heterocycles. The first-order valence-corrected chi connectivity index (χ1v) is 12.7. The van der Waals surface area contributed by atoms with Crippen LogP contribution in [0.4, 0.5) is 4.20 Å². The molecule has 0 bridgehead atoms. The second kappa shape index (κ2) is 10.1. The van der Waals surface area contributed by atoms with Crippen LogP contribution in [-0.4, -0.2) is 0 Å². The molecule has 2 aliphatic rings. The van der Waals surface area contributed by atoms with E-state index in [9.17, 15) is 0 Å². The minimum absolute atomic E-state index is 0.467. The van der Waals surface area contributed by atoms with Crippen LogP contribution in [0.5, 0.6) is 11.5 Å². The molecule has 4 rings (SSSR count).